The van der Waals surface area contributed by atoms with E-state index in [1.807, 2.05) is 54.5 Å². The van der Waals surface area contributed by atoms with E-state index in [0.717, 1.165) is 40.6 Å². The van der Waals surface area contributed by atoms with Gasteiger partial charge in [-0.25, -0.2) is 0 Å². The van der Waals surface area contributed by atoms with Crippen molar-refractivity contribution >= 4 is 16.8 Å². The highest BCUT2D eigenvalue weighted by molar-refractivity contribution is 5.89. The number of nitrogens with one attached hydrogen (secondary N) is 2. The second kappa shape index (κ2) is 9.54. The smallest absolute Gasteiger partial charge is 0.229 e. The molecule has 0 spiro atoms. The minimum absolute atomic E-state index is 0.0230. The van der Waals surface area contributed by atoms with Gasteiger partial charge in [0.25, 0.3) is 0 Å². The van der Waals surface area contributed by atoms with Crippen LogP contribution >= 0.6 is 0 Å². The summed E-state index contributed by atoms with van der Waals surface area (Å²) in [4.78, 5) is 18.2. The number of rotatable bonds is 8. The zero-order valence-corrected chi connectivity index (χ0v) is 18.2. The SMILES string of the molecule is CNC1CCN(CCc2c[nH]c3cccc(OCc4ccccc4)c23)C(=O)[C@H]1C(C)O. The molecule has 4 rings (SSSR count). The van der Waals surface area contributed by atoms with Gasteiger partial charge in [0, 0.05) is 36.2 Å². The third-order valence-corrected chi connectivity index (χ3v) is 6.27. The number of hydrogen-bond donors (Lipinski definition) is 3. The van der Waals surface area contributed by atoms with Crippen molar-refractivity contribution in [1.82, 2.24) is 15.2 Å². The fraction of sp³-hybridized carbons (Fsp3) is 0.400. The Morgan fingerprint density at radius 1 is 1.23 bits per heavy atom. The lowest BCUT2D eigenvalue weighted by atomic mass is 9.87. The van der Waals surface area contributed by atoms with Crippen LogP contribution in [0.1, 0.15) is 24.5 Å². The Hall–Kier alpha value is -2.83. The van der Waals surface area contributed by atoms with Crippen LogP contribution in [0.25, 0.3) is 10.9 Å². The molecule has 0 aliphatic carbocycles. The molecule has 3 N–H and O–H groups in total. The Balaban J connectivity index is 1.48. The maximum absolute atomic E-state index is 13.0. The van der Waals surface area contributed by atoms with Crippen molar-refractivity contribution < 1.29 is 14.6 Å². The van der Waals surface area contributed by atoms with Crippen LogP contribution in [0.2, 0.25) is 0 Å². The third-order valence-electron chi connectivity index (χ3n) is 6.27. The molecule has 0 radical (unpaired) electrons. The van der Waals surface area contributed by atoms with Crippen LogP contribution in [0.3, 0.4) is 0 Å². The van der Waals surface area contributed by atoms with Crippen LogP contribution in [0, 0.1) is 5.92 Å². The number of aromatic nitrogens is 1. The van der Waals surface area contributed by atoms with Gasteiger partial charge in [-0.15, -0.1) is 0 Å². The minimum Gasteiger partial charge on any atom is -0.488 e. The fourth-order valence-corrected chi connectivity index (χ4v) is 4.58. The number of H-pyrrole nitrogens is 1. The van der Waals surface area contributed by atoms with Crippen LogP contribution < -0.4 is 10.1 Å². The van der Waals surface area contributed by atoms with Gasteiger partial charge in [0.1, 0.15) is 12.4 Å². The molecular formula is C25H31N3O3. The summed E-state index contributed by atoms with van der Waals surface area (Å²) in [5, 5.41) is 14.4. The molecule has 6 heteroatoms. The van der Waals surface area contributed by atoms with E-state index < -0.39 is 12.0 Å². The maximum Gasteiger partial charge on any atom is 0.229 e. The number of piperidine rings is 1. The molecular weight excluding hydrogens is 390 g/mol. The standard InChI is InChI=1S/C25H31N3O3/c1-17(29)23-20(26-2)12-14-28(25(23)30)13-11-19-15-27-21-9-6-10-22(24(19)21)31-16-18-7-4-3-5-8-18/h3-10,15,17,20,23,26-27,29H,11-14,16H2,1-2H3/t17?,20?,23-/m0/s1. The number of fused-ring (bicyclic) bond motifs is 1. The molecule has 1 aliphatic heterocycles. The number of aromatic amines is 1. The second-order valence-corrected chi connectivity index (χ2v) is 8.29. The Bertz CT molecular complexity index is 1020. The van der Waals surface area contributed by atoms with Gasteiger partial charge in [0.05, 0.1) is 12.0 Å². The summed E-state index contributed by atoms with van der Waals surface area (Å²) in [7, 11) is 1.85. The zero-order chi connectivity index (χ0) is 21.8. The predicted molar refractivity (Wildman–Crippen MR) is 122 cm³/mol. The van der Waals surface area contributed by atoms with Gasteiger partial charge in [0.2, 0.25) is 5.91 Å². The molecule has 3 aromatic rings. The minimum atomic E-state index is -0.668. The molecule has 2 aromatic carbocycles. The van der Waals surface area contributed by atoms with Crippen molar-refractivity contribution in [2.45, 2.75) is 38.5 Å². The normalized spacial score (nSPS) is 20.2. The van der Waals surface area contributed by atoms with Crippen LogP contribution in [-0.2, 0) is 17.8 Å². The molecule has 3 atom stereocenters. The first-order valence-electron chi connectivity index (χ1n) is 11.0. The Labute approximate surface area is 183 Å². The molecule has 0 bridgehead atoms. The van der Waals surface area contributed by atoms with E-state index in [9.17, 15) is 9.90 Å². The second-order valence-electron chi connectivity index (χ2n) is 8.29. The van der Waals surface area contributed by atoms with Crippen molar-refractivity contribution in [3.8, 4) is 5.75 Å². The quantitative estimate of drug-likeness (QED) is 0.522. The molecule has 2 heterocycles. The first kappa shape index (κ1) is 21.4. The van der Waals surface area contributed by atoms with Crippen molar-refractivity contribution in [3.63, 3.8) is 0 Å². The summed E-state index contributed by atoms with van der Waals surface area (Å²) >= 11 is 0. The molecule has 31 heavy (non-hydrogen) atoms. The predicted octanol–water partition coefficient (Wildman–Crippen LogP) is 3.11. The van der Waals surface area contributed by atoms with Gasteiger partial charge >= 0.3 is 0 Å². The summed E-state index contributed by atoms with van der Waals surface area (Å²) in [6, 6.07) is 16.2. The van der Waals surface area contributed by atoms with E-state index in [0.29, 0.717) is 19.7 Å². The molecule has 0 saturated carbocycles. The first-order chi connectivity index (χ1) is 15.1. The molecule has 1 fully saturated rings. The number of carbonyl (C=O) groups excluding carboxylic acids is 1. The van der Waals surface area contributed by atoms with Gasteiger partial charge in [-0.2, -0.15) is 0 Å². The lowest BCUT2D eigenvalue weighted by Gasteiger charge is -2.39. The summed E-state index contributed by atoms with van der Waals surface area (Å²) in [5.41, 5.74) is 3.29. The third kappa shape index (κ3) is 4.60. The van der Waals surface area contributed by atoms with Crippen LogP contribution in [0.15, 0.2) is 54.7 Å². The Morgan fingerprint density at radius 3 is 2.77 bits per heavy atom. The molecule has 1 saturated heterocycles. The monoisotopic (exact) mass is 421 g/mol. The van der Waals surface area contributed by atoms with E-state index >= 15 is 0 Å². The van der Waals surface area contributed by atoms with E-state index in [-0.39, 0.29) is 11.9 Å². The molecule has 1 aromatic heterocycles. The molecule has 6 nitrogen and oxygen atoms in total. The number of likely N-dealkylation sites (tertiary alicyclic amines) is 1. The van der Waals surface area contributed by atoms with Crippen molar-refractivity contribution in [2.24, 2.45) is 5.92 Å². The summed E-state index contributed by atoms with van der Waals surface area (Å²) in [6.07, 6.45) is 2.92. The Kier molecular flexibility index (Phi) is 6.59. The number of aliphatic hydroxyl groups excluding tert-OH is 1. The number of hydrogen-bond acceptors (Lipinski definition) is 4. The van der Waals surface area contributed by atoms with E-state index in [4.69, 9.17) is 4.74 Å². The Morgan fingerprint density at radius 2 is 2.03 bits per heavy atom. The topological polar surface area (TPSA) is 77.6 Å². The average molecular weight is 422 g/mol. The van der Waals surface area contributed by atoms with Crippen molar-refractivity contribution in [2.75, 3.05) is 20.1 Å². The fourth-order valence-electron chi connectivity index (χ4n) is 4.58. The summed E-state index contributed by atoms with van der Waals surface area (Å²) < 4.78 is 6.15. The van der Waals surface area contributed by atoms with Gasteiger partial charge < -0.3 is 25.0 Å². The van der Waals surface area contributed by atoms with Gasteiger partial charge in [-0.05, 0) is 50.1 Å². The number of nitrogens with zero attached hydrogens (tertiary/aromatic N) is 1. The number of carbonyl (C=O) groups is 1. The highest BCUT2D eigenvalue weighted by Gasteiger charge is 2.38. The molecule has 164 valence electrons. The molecule has 2 unspecified atom stereocenters. The van der Waals surface area contributed by atoms with Gasteiger partial charge in [0.15, 0.2) is 0 Å². The van der Waals surface area contributed by atoms with Gasteiger partial charge in [-0.1, -0.05) is 36.4 Å². The first-order valence-corrected chi connectivity index (χ1v) is 11.0. The van der Waals surface area contributed by atoms with E-state index in [1.54, 1.807) is 6.92 Å². The highest BCUT2D eigenvalue weighted by Crippen LogP contribution is 2.30. The zero-order valence-electron chi connectivity index (χ0n) is 18.2. The summed E-state index contributed by atoms with van der Waals surface area (Å²) in [6.45, 7) is 3.54. The number of benzene rings is 2. The van der Waals surface area contributed by atoms with Crippen LogP contribution in [0.5, 0.6) is 5.75 Å². The van der Waals surface area contributed by atoms with E-state index in [2.05, 4.69) is 22.4 Å². The van der Waals surface area contributed by atoms with Crippen molar-refractivity contribution in [3.05, 3.63) is 65.9 Å². The molecule has 1 aliphatic rings. The average Bonchev–Trinajstić information content (AvgIpc) is 3.20. The van der Waals surface area contributed by atoms with Gasteiger partial charge in [-0.3, -0.25) is 4.79 Å². The largest absolute Gasteiger partial charge is 0.488 e. The number of ether oxygens (including phenoxy) is 1. The highest BCUT2D eigenvalue weighted by atomic mass is 16.5. The number of amides is 1. The lowest BCUT2D eigenvalue weighted by molar-refractivity contribution is -0.144. The molecule has 1 amide bonds. The summed E-state index contributed by atoms with van der Waals surface area (Å²) in [5.74, 6) is 0.479. The number of aliphatic hydroxyl groups is 1. The van der Waals surface area contributed by atoms with Crippen molar-refractivity contribution in [1.29, 1.82) is 0 Å². The van der Waals surface area contributed by atoms with E-state index in [1.165, 1.54) is 0 Å². The van der Waals surface area contributed by atoms with Crippen LogP contribution in [-0.4, -0.2) is 53.2 Å². The maximum atomic E-state index is 13.0. The lowest BCUT2D eigenvalue weighted by Crippen LogP contribution is -2.55. The van der Waals surface area contributed by atoms with Crippen LogP contribution in [0.4, 0.5) is 0 Å².